The van der Waals surface area contributed by atoms with Crippen molar-refractivity contribution in [3.63, 3.8) is 0 Å². The number of allylic oxidation sites excluding steroid dienone is 1. The number of nitrogens with zero attached hydrogens (tertiary/aromatic N) is 3. The van der Waals surface area contributed by atoms with E-state index in [2.05, 4.69) is 15.4 Å². The van der Waals surface area contributed by atoms with Crippen LogP contribution in [0.2, 0.25) is 5.02 Å². The minimum absolute atomic E-state index is 0.288. The summed E-state index contributed by atoms with van der Waals surface area (Å²) in [6.45, 7) is 0.380. The molecule has 0 bridgehead atoms. The molecule has 0 saturated heterocycles. The molecule has 31 heavy (non-hydrogen) atoms. The molecule has 156 valence electrons. The second-order valence-corrected chi connectivity index (χ2v) is 6.95. The van der Waals surface area contributed by atoms with E-state index in [1.165, 1.54) is 17.0 Å². The normalized spacial score (nSPS) is 11.0. The quantitative estimate of drug-likeness (QED) is 0.404. The van der Waals surface area contributed by atoms with Crippen LogP contribution in [0.5, 0.6) is 5.75 Å². The van der Waals surface area contributed by atoms with Gasteiger partial charge < -0.3 is 14.5 Å². The lowest BCUT2D eigenvalue weighted by Crippen LogP contribution is -2.14. The zero-order chi connectivity index (χ0) is 21.6. The number of aromatic nitrogens is 3. The Hall–Kier alpha value is -3.84. The number of hydrogen-bond acceptors (Lipinski definition) is 6. The first-order chi connectivity index (χ1) is 15.1. The fourth-order valence-electron chi connectivity index (χ4n) is 2.86. The number of furan rings is 1. The van der Waals surface area contributed by atoms with E-state index in [0.717, 1.165) is 16.9 Å². The van der Waals surface area contributed by atoms with Gasteiger partial charge in [-0.25, -0.2) is 0 Å². The molecule has 0 aliphatic heterocycles. The van der Waals surface area contributed by atoms with E-state index in [1.54, 1.807) is 31.4 Å². The maximum Gasteiger partial charge on any atom is 0.274 e. The molecule has 0 spiro atoms. The number of carbonyl (C=O) groups excluding carboxylic acids is 1. The number of rotatable bonds is 7. The van der Waals surface area contributed by atoms with Crippen molar-refractivity contribution in [2.75, 3.05) is 12.4 Å². The van der Waals surface area contributed by atoms with E-state index in [9.17, 15) is 4.79 Å². The summed E-state index contributed by atoms with van der Waals surface area (Å²) in [6, 6.07) is 18.3. The Balaban J connectivity index is 1.59. The average Bonchev–Trinajstić information content (AvgIpc) is 3.47. The van der Waals surface area contributed by atoms with Crippen molar-refractivity contribution in [3.8, 4) is 17.3 Å². The molecule has 0 aliphatic rings. The fourth-order valence-corrected chi connectivity index (χ4v) is 3.06. The zero-order valence-corrected chi connectivity index (χ0v) is 17.4. The Morgan fingerprint density at radius 3 is 2.68 bits per heavy atom. The molecule has 1 N–H and O–H groups in total. The number of carbonyl (C=O) groups is 1. The summed E-state index contributed by atoms with van der Waals surface area (Å²) >= 11 is 6.23. The minimum Gasteiger partial charge on any atom is -0.497 e. The molecule has 0 saturated carbocycles. The van der Waals surface area contributed by atoms with Crippen molar-refractivity contribution >= 4 is 29.5 Å². The number of anilines is 1. The Bertz CT molecular complexity index is 1200. The van der Waals surface area contributed by atoms with Gasteiger partial charge in [-0.3, -0.25) is 4.79 Å². The lowest BCUT2D eigenvalue weighted by Gasteiger charge is -2.07. The summed E-state index contributed by atoms with van der Waals surface area (Å²) in [5.74, 6) is 1.44. The van der Waals surface area contributed by atoms with E-state index in [-0.39, 0.29) is 11.9 Å². The van der Waals surface area contributed by atoms with Crippen LogP contribution >= 0.6 is 11.6 Å². The van der Waals surface area contributed by atoms with Crippen molar-refractivity contribution < 1.29 is 13.9 Å². The summed E-state index contributed by atoms with van der Waals surface area (Å²) in [4.78, 5) is 17.3. The second kappa shape index (κ2) is 9.32. The van der Waals surface area contributed by atoms with Gasteiger partial charge in [0, 0.05) is 17.6 Å². The molecule has 2 heterocycles. The van der Waals surface area contributed by atoms with Crippen molar-refractivity contribution in [2.24, 2.45) is 0 Å². The standard InChI is InChI=1S/C23H19ClN4O3/c1-30-18-11-8-16(9-12-18)10-13-21(29)28-23(25-15-17-5-2-3-6-19(17)24)26-22(27-28)20-7-4-14-31-20/h2-14H,15H2,1H3,(H,25,26,27). The molecule has 7 nitrogen and oxygen atoms in total. The highest BCUT2D eigenvalue weighted by Crippen LogP contribution is 2.21. The lowest BCUT2D eigenvalue weighted by molar-refractivity contribution is 0.0957. The minimum atomic E-state index is -0.359. The largest absolute Gasteiger partial charge is 0.497 e. The zero-order valence-electron chi connectivity index (χ0n) is 16.7. The van der Waals surface area contributed by atoms with E-state index in [4.69, 9.17) is 20.8 Å². The molecular formula is C23H19ClN4O3. The molecule has 0 aliphatic carbocycles. The third-order valence-electron chi connectivity index (χ3n) is 4.49. The molecule has 8 heteroatoms. The smallest absolute Gasteiger partial charge is 0.274 e. The van der Waals surface area contributed by atoms with Gasteiger partial charge in [0.15, 0.2) is 5.76 Å². The monoisotopic (exact) mass is 434 g/mol. The molecule has 0 fully saturated rings. The van der Waals surface area contributed by atoms with Crippen LogP contribution in [0.1, 0.15) is 15.9 Å². The van der Waals surface area contributed by atoms with Crippen molar-refractivity contribution in [3.05, 3.63) is 89.2 Å². The molecule has 0 radical (unpaired) electrons. The van der Waals surface area contributed by atoms with Crippen molar-refractivity contribution in [2.45, 2.75) is 6.54 Å². The summed E-state index contributed by atoms with van der Waals surface area (Å²) < 4.78 is 11.7. The number of ether oxygens (including phenoxy) is 1. The Morgan fingerprint density at radius 2 is 1.97 bits per heavy atom. The van der Waals surface area contributed by atoms with Crippen LogP contribution in [0, 0.1) is 0 Å². The molecule has 2 aromatic heterocycles. The number of nitrogens with one attached hydrogen (secondary N) is 1. The van der Waals surface area contributed by atoms with Gasteiger partial charge in [-0.1, -0.05) is 41.9 Å². The molecule has 0 amide bonds. The predicted octanol–water partition coefficient (Wildman–Crippen LogP) is 5.17. The van der Waals surface area contributed by atoms with E-state index in [1.807, 2.05) is 42.5 Å². The number of hydrogen-bond donors (Lipinski definition) is 1. The van der Waals surface area contributed by atoms with Crippen LogP contribution in [0.15, 0.2) is 77.4 Å². The summed E-state index contributed by atoms with van der Waals surface area (Å²) in [6.07, 6.45) is 4.66. The Labute approximate surface area is 183 Å². The van der Waals surface area contributed by atoms with Crippen LogP contribution in [0.4, 0.5) is 5.95 Å². The van der Waals surface area contributed by atoms with Crippen LogP contribution in [-0.2, 0) is 6.54 Å². The maximum atomic E-state index is 12.9. The SMILES string of the molecule is COc1ccc(C=CC(=O)n2nc(-c3ccco3)nc2NCc2ccccc2Cl)cc1. The topological polar surface area (TPSA) is 82.2 Å². The van der Waals surface area contributed by atoms with Gasteiger partial charge in [-0.05, 0) is 47.5 Å². The number of benzene rings is 2. The third kappa shape index (κ3) is 4.84. The first-order valence-corrected chi connectivity index (χ1v) is 9.86. The van der Waals surface area contributed by atoms with E-state index < -0.39 is 0 Å². The van der Waals surface area contributed by atoms with Crippen molar-refractivity contribution in [1.82, 2.24) is 14.8 Å². The molecule has 2 aromatic carbocycles. The van der Waals surface area contributed by atoms with Crippen LogP contribution in [0.25, 0.3) is 17.7 Å². The molecular weight excluding hydrogens is 416 g/mol. The lowest BCUT2D eigenvalue weighted by atomic mass is 10.2. The van der Waals surface area contributed by atoms with Gasteiger partial charge in [-0.15, -0.1) is 5.10 Å². The highest BCUT2D eigenvalue weighted by Gasteiger charge is 2.17. The fraction of sp³-hybridized carbons (Fsp3) is 0.0870. The maximum absolute atomic E-state index is 12.9. The van der Waals surface area contributed by atoms with E-state index in [0.29, 0.717) is 23.2 Å². The Kier molecular flexibility index (Phi) is 6.14. The third-order valence-corrected chi connectivity index (χ3v) is 4.86. The molecule has 0 unspecified atom stereocenters. The average molecular weight is 435 g/mol. The van der Waals surface area contributed by atoms with Crippen LogP contribution in [0.3, 0.4) is 0 Å². The molecule has 4 rings (SSSR count). The first-order valence-electron chi connectivity index (χ1n) is 9.49. The van der Waals surface area contributed by atoms with Gasteiger partial charge in [-0.2, -0.15) is 9.67 Å². The predicted molar refractivity (Wildman–Crippen MR) is 119 cm³/mol. The summed E-state index contributed by atoms with van der Waals surface area (Å²) in [7, 11) is 1.60. The molecule has 4 aromatic rings. The Morgan fingerprint density at radius 1 is 1.16 bits per heavy atom. The molecule has 0 atom stereocenters. The number of halogens is 1. The first kappa shape index (κ1) is 20.4. The van der Waals surface area contributed by atoms with Gasteiger partial charge in [0.25, 0.3) is 5.91 Å². The van der Waals surface area contributed by atoms with Crippen molar-refractivity contribution in [1.29, 1.82) is 0 Å². The van der Waals surface area contributed by atoms with Gasteiger partial charge in [0.2, 0.25) is 11.8 Å². The van der Waals surface area contributed by atoms with Crippen LogP contribution < -0.4 is 10.1 Å². The van der Waals surface area contributed by atoms with Gasteiger partial charge in [0.05, 0.1) is 13.4 Å². The summed E-state index contributed by atoms with van der Waals surface area (Å²) in [5, 5.41) is 8.08. The number of methoxy groups -OCH3 is 1. The summed E-state index contributed by atoms with van der Waals surface area (Å²) in [5.41, 5.74) is 1.73. The van der Waals surface area contributed by atoms with Gasteiger partial charge >= 0.3 is 0 Å². The van der Waals surface area contributed by atoms with Crippen LogP contribution in [-0.4, -0.2) is 27.8 Å². The highest BCUT2D eigenvalue weighted by atomic mass is 35.5. The second-order valence-electron chi connectivity index (χ2n) is 6.54. The van der Waals surface area contributed by atoms with Gasteiger partial charge in [0.1, 0.15) is 5.75 Å². The van der Waals surface area contributed by atoms with E-state index >= 15 is 0 Å². The highest BCUT2D eigenvalue weighted by molar-refractivity contribution is 6.31.